The van der Waals surface area contributed by atoms with E-state index in [-0.39, 0.29) is 17.9 Å². The first-order chi connectivity index (χ1) is 19.0. The molecule has 1 atom stereocenters. The van der Waals surface area contributed by atoms with Crippen molar-refractivity contribution < 1.29 is 9.59 Å². The van der Waals surface area contributed by atoms with Crippen molar-refractivity contribution >= 4 is 35.2 Å². The van der Waals surface area contributed by atoms with Gasteiger partial charge < -0.3 is 10.2 Å². The normalized spacial score (nSPS) is 14.5. The molecule has 0 spiro atoms. The van der Waals surface area contributed by atoms with Gasteiger partial charge in [-0.25, -0.2) is 0 Å². The first-order valence-corrected chi connectivity index (χ1v) is 15.4. The quantitative estimate of drug-likeness (QED) is 0.182. The molecule has 1 aliphatic rings. The van der Waals surface area contributed by atoms with Crippen LogP contribution >= 0.6 is 23.4 Å². The standard InChI is InChI=1S/C33H39ClN2O2S/c1-25-10-8-13-27(22-25)24-36(32(37)16-9-21-39-30-19-17-28(34)18-20-30)31(23-26-11-4-2-5-12-26)33(38)35-29-14-6-3-7-15-29/h2,4-5,8,10-13,17-20,22,29,31H,3,6-7,9,14-16,21,23-24H2,1H3,(H,35,38)/t31-/m0/s1. The Balaban J connectivity index is 1.51. The number of rotatable bonds is 12. The Labute approximate surface area is 242 Å². The molecule has 4 nitrogen and oxygen atoms in total. The summed E-state index contributed by atoms with van der Waals surface area (Å²) >= 11 is 7.73. The smallest absolute Gasteiger partial charge is 0.243 e. The van der Waals surface area contributed by atoms with E-state index in [1.54, 1.807) is 11.8 Å². The van der Waals surface area contributed by atoms with Gasteiger partial charge in [-0.05, 0) is 67.3 Å². The van der Waals surface area contributed by atoms with Crippen molar-refractivity contribution in [3.05, 3.63) is 101 Å². The third-order valence-corrected chi connectivity index (χ3v) is 8.63. The number of thioether (sulfide) groups is 1. The number of benzene rings is 3. The van der Waals surface area contributed by atoms with Gasteiger partial charge in [-0.2, -0.15) is 0 Å². The molecule has 0 unspecified atom stereocenters. The van der Waals surface area contributed by atoms with Gasteiger partial charge in [0.25, 0.3) is 0 Å². The van der Waals surface area contributed by atoms with Crippen molar-refractivity contribution in [1.29, 1.82) is 0 Å². The third kappa shape index (κ3) is 9.44. The van der Waals surface area contributed by atoms with Crippen molar-refractivity contribution in [1.82, 2.24) is 10.2 Å². The highest BCUT2D eigenvalue weighted by atomic mass is 35.5. The van der Waals surface area contributed by atoms with Crippen LogP contribution in [0.2, 0.25) is 5.02 Å². The van der Waals surface area contributed by atoms with Gasteiger partial charge in [0.15, 0.2) is 0 Å². The van der Waals surface area contributed by atoms with E-state index in [2.05, 4.69) is 24.4 Å². The van der Waals surface area contributed by atoms with Crippen LogP contribution in [0.3, 0.4) is 0 Å². The summed E-state index contributed by atoms with van der Waals surface area (Å²) in [6.45, 7) is 2.47. The molecule has 0 aliphatic heterocycles. The first-order valence-electron chi connectivity index (χ1n) is 14.1. The molecule has 1 fully saturated rings. The van der Waals surface area contributed by atoms with Crippen molar-refractivity contribution in [2.24, 2.45) is 0 Å². The molecule has 4 rings (SSSR count). The number of aryl methyl sites for hydroxylation is 1. The number of hydrogen-bond acceptors (Lipinski definition) is 3. The highest BCUT2D eigenvalue weighted by Gasteiger charge is 2.31. The minimum atomic E-state index is -0.564. The zero-order valence-corrected chi connectivity index (χ0v) is 24.4. The fourth-order valence-electron chi connectivity index (χ4n) is 5.19. The zero-order valence-electron chi connectivity index (χ0n) is 22.8. The van der Waals surface area contributed by atoms with Gasteiger partial charge in [0, 0.05) is 35.3 Å². The van der Waals surface area contributed by atoms with Crippen molar-refractivity contribution in [3.63, 3.8) is 0 Å². The van der Waals surface area contributed by atoms with E-state index in [1.165, 1.54) is 6.42 Å². The molecule has 1 saturated carbocycles. The summed E-state index contributed by atoms with van der Waals surface area (Å²) in [5.41, 5.74) is 3.24. The lowest BCUT2D eigenvalue weighted by molar-refractivity contribution is -0.141. The highest BCUT2D eigenvalue weighted by Crippen LogP contribution is 2.23. The Bertz CT molecular complexity index is 1200. The summed E-state index contributed by atoms with van der Waals surface area (Å²) in [6.07, 6.45) is 7.17. The van der Waals surface area contributed by atoms with Crippen LogP contribution in [0, 0.1) is 6.92 Å². The maximum atomic E-state index is 13.8. The summed E-state index contributed by atoms with van der Waals surface area (Å²) < 4.78 is 0. The fourth-order valence-corrected chi connectivity index (χ4v) is 6.17. The molecule has 0 aromatic heterocycles. The SMILES string of the molecule is Cc1cccc(CN(C(=O)CCCSc2ccc(Cl)cc2)[C@@H](Cc2ccccc2)C(=O)NC2CCCCC2)c1. The number of carbonyl (C=O) groups is 2. The van der Waals surface area contributed by atoms with Gasteiger partial charge in [-0.3, -0.25) is 9.59 Å². The molecule has 1 N–H and O–H groups in total. The largest absolute Gasteiger partial charge is 0.352 e. The predicted octanol–water partition coefficient (Wildman–Crippen LogP) is 7.61. The maximum absolute atomic E-state index is 13.8. The van der Waals surface area contributed by atoms with Crippen molar-refractivity contribution in [2.75, 3.05) is 5.75 Å². The van der Waals surface area contributed by atoms with Crippen LogP contribution in [-0.4, -0.2) is 34.6 Å². The van der Waals surface area contributed by atoms with Crippen LogP contribution in [0.4, 0.5) is 0 Å². The molecule has 0 bridgehead atoms. The lowest BCUT2D eigenvalue weighted by atomic mass is 9.94. The van der Waals surface area contributed by atoms with Gasteiger partial charge in [0.2, 0.25) is 11.8 Å². The van der Waals surface area contributed by atoms with Crippen molar-refractivity contribution in [2.45, 2.75) is 81.8 Å². The lowest BCUT2D eigenvalue weighted by Crippen LogP contribution is -2.52. The lowest BCUT2D eigenvalue weighted by Gasteiger charge is -2.33. The van der Waals surface area contributed by atoms with Gasteiger partial charge in [0.05, 0.1) is 0 Å². The topological polar surface area (TPSA) is 49.4 Å². The molecule has 0 saturated heterocycles. The van der Waals surface area contributed by atoms with Crippen LogP contribution in [0.5, 0.6) is 0 Å². The van der Waals surface area contributed by atoms with Gasteiger partial charge in [0.1, 0.15) is 6.04 Å². The minimum absolute atomic E-state index is 0.0212. The molecule has 1 aliphatic carbocycles. The maximum Gasteiger partial charge on any atom is 0.243 e. The average Bonchev–Trinajstić information content (AvgIpc) is 2.95. The third-order valence-electron chi connectivity index (χ3n) is 7.28. The Morgan fingerprint density at radius 1 is 0.949 bits per heavy atom. The van der Waals surface area contributed by atoms with Crippen LogP contribution in [-0.2, 0) is 22.6 Å². The highest BCUT2D eigenvalue weighted by molar-refractivity contribution is 7.99. The van der Waals surface area contributed by atoms with E-state index in [0.29, 0.717) is 19.4 Å². The Hall–Kier alpha value is -2.76. The molecule has 0 radical (unpaired) electrons. The summed E-state index contributed by atoms with van der Waals surface area (Å²) in [7, 11) is 0. The number of nitrogens with one attached hydrogen (secondary N) is 1. The minimum Gasteiger partial charge on any atom is -0.352 e. The monoisotopic (exact) mass is 562 g/mol. The molecule has 2 amide bonds. The average molecular weight is 563 g/mol. The van der Waals surface area contributed by atoms with E-state index >= 15 is 0 Å². The molecule has 3 aromatic rings. The number of hydrogen-bond donors (Lipinski definition) is 1. The van der Waals surface area contributed by atoms with Gasteiger partial charge >= 0.3 is 0 Å². The summed E-state index contributed by atoms with van der Waals surface area (Å²) in [6, 6.07) is 25.7. The molecule has 0 heterocycles. The van der Waals surface area contributed by atoms with Gasteiger partial charge in [-0.1, -0.05) is 91.0 Å². The Kier molecular flexibility index (Phi) is 11.3. The number of nitrogens with zero attached hydrogens (tertiary/aromatic N) is 1. The summed E-state index contributed by atoms with van der Waals surface area (Å²) in [5.74, 6) is 0.804. The Morgan fingerprint density at radius 2 is 1.67 bits per heavy atom. The second kappa shape index (κ2) is 15.1. The molecule has 6 heteroatoms. The van der Waals surface area contributed by atoms with Crippen molar-refractivity contribution in [3.8, 4) is 0 Å². The van der Waals surface area contributed by atoms with Crippen LogP contribution < -0.4 is 5.32 Å². The molecular weight excluding hydrogens is 524 g/mol. The number of halogens is 1. The number of carbonyl (C=O) groups excluding carboxylic acids is 2. The number of amides is 2. The fraction of sp³-hybridized carbons (Fsp3) is 0.394. The van der Waals surface area contributed by atoms with E-state index in [9.17, 15) is 9.59 Å². The molecule has 206 valence electrons. The zero-order chi connectivity index (χ0) is 27.5. The van der Waals surface area contributed by atoms with Gasteiger partial charge in [-0.15, -0.1) is 11.8 Å². The predicted molar refractivity (Wildman–Crippen MR) is 162 cm³/mol. The summed E-state index contributed by atoms with van der Waals surface area (Å²) in [5, 5.41) is 4.04. The van der Waals surface area contributed by atoms with Crippen LogP contribution in [0.25, 0.3) is 0 Å². The van der Waals surface area contributed by atoms with Crippen LogP contribution in [0.1, 0.15) is 61.6 Å². The van der Waals surface area contributed by atoms with E-state index in [0.717, 1.165) is 64.5 Å². The molecular formula is C33H39ClN2O2S. The van der Waals surface area contributed by atoms with E-state index in [4.69, 9.17) is 11.6 Å². The first kappa shape index (κ1) is 29.2. The van der Waals surface area contributed by atoms with E-state index < -0.39 is 6.04 Å². The molecule has 3 aromatic carbocycles. The van der Waals surface area contributed by atoms with E-state index in [1.807, 2.05) is 71.6 Å². The Morgan fingerprint density at radius 3 is 2.38 bits per heavy atom. The summed E-state index contributed by atoms with van der Waals surface area (Å²) in [4.78, 5) is 30.6. The second-order valence-corrected chi connectivity index (χ2v) is 12.1. The second-order valence-electron chi connectivity index (χ2n) is 10.5. The molecule has 39 heavy (non-hydrogen) atoms. The van der Waals surface area contributed by atoms with Crippen LogP contribution in [0.15, 0.2) is 83.8 Å².